The van der Waals surface area contributed by atoms with Crippen LogP contribution in [-0.2, 0) is 6.54 Å². The first-order chi connectivity index (χ1) is 8.83. The van der Waals surface area contributed by atoms with Crippen LogP contribution in [0.3, 0.4) is 0 Å². The van der Waals surface area contributed by atoms with Crippen molar-refractivity contribution in [2.24, 2.45) is 0 Å². The second-order valence-electron chi connectivity index (χ2n) is 5.94. The Morgan fingerprint density at radius 3 is 3.00 bits per heavy atom. The topological polar surface area (TPSA) is 27.8 Å². The standard InChI is InChI=1S/C16H20N2/c1-10-6-7-14-12(8-10)16-11-4-2-3-5-13(11)17-9-15(16)18-14/h6-8,11,13,17-18H,2-5,9H2,1H3/t11-,13-/m0/s1. The lowest BCUT2D eigenvalue weighted by Crippen LogP contribution is -2.40. The molecule has 0 spiro atoms. The molecular weight excluding hydrogens is 220 g/mol. The number of benzene rings is 1. The van der Waals surface area contributed by atoms with Crippen molar-refractivity contribution in [2.75, 3.05) is 0 Å². The van der Waals surface area contributed by atoms with Crippen LogP contribution < -0.4 is 5.32 Å². The third-order valence-electron chi connectivity index (χ3n) is 4.75. The van der Waals surface area contributed by atoms with Gasteiger partial charge in [0, 0.05) is 35.1 Å². The van der Waals surface area contributed by atoms with Crippen molar-refractivity contribution in [3.05, 3.63) is 35.0 Å². The van der Waals surface area contributed by atoms with Crippen LogP contribution in [0.25, 0.3) is 10.9 Å². The Balaban J connectivity index is 1.93. The van der Waals surface area contributed by atoms with E-state index in [9.17, 15) is 0 Å². The molecule has 1 aliphatic carbocycles. The highest BCUT2D eigenvalue weighted by Crippen LogP contribution is 2.41. The van der Waals surface area contributed by atoms with Gasteiger partial charge in [-0.15, -0.1) is 0 Å². The highest BCUT2D eigenvalue weighted by molar-refractivity contribution is 5.86. The minimum Gasteiger partial charge on any atom is -0.357 e. The summed E-state index contributed by atoms with van der Waals surface area (Å²) >= 11 is 0. The van der Waals surface area contributed by atoms with Crippen molar-refractivity contribution >= 4 is 10.9 Å². The first-order valence-electron chi connectivity index (χ1n) is 7.17. The molecule has 4 rings (SSSR count). The monoisotopic (exact) mass is 240 g/mol. The van der Waals surface area contributed by atoms with Gasteiger partial charge in [-0.05, 0) is 37.5 Å². The first kappa shape index (κ1) is 10.6. The van der Waals surface area contributed by atoms with Crippen molar-refractivity contribution in [3.63, 3.8) is 0 Å². The van der Waals surface area contributed by atoms with E-state index in [1.165, 1.54) is 47.8 Å². The number of aryl methyl sites for hydroxylation is 1. The summed E-state index contributed by atoms with van der Waals surface area (Å²) in [5.41, 5.74) is 5.74. The molecule has 2 heteroatoms. The van der Waals surface area contributed by atoms with Crippen LogP contribution >= 0.6 is 0 Å². The summed E-state index contributed by atoms with van der Waals surface area (Å²) in [6, 6.07) is 7.52. The van der Waals surface area contributed by atoms with E-state index in [2.05, 4.69) is 35.4 Å². The zero-order valence-electron chi connectivity index (χ0n) is 10.9. The van der Waals surface area contributed by atoms with Gasteiger partial charge >= 0.3 is 0 Å². The number of nitrogens with one attached hydrogen (secondary N) is 2. The predicted octanol–water partition coefficient (Wildman–Crippen LogP) is 3.61. The molecule has 0 bridgehead atoms. The number of hydrogen-bond donors (Lipinski definition) is 2. The molecule has 94 valence electrons. The van der Waals surface area contributed by atoms with E-state index < -0.39 is 0 Å². The summed E-state index contributed by atoms with van der Waals surface area (Å²) in [5.74, 6) is 0.734. The summed E-state index contributed by atoms with van der Waals surface area (Å²) in [7, 11) is 0. The summed E-state index contributed by atoms with van der Waals surface area (Å²) < 4.78 is 0. The number of fused-ring (bicyclic) bond motifs is 5. The zero-order chi connectivity index (χ0) is 12.1. The van der Waals surface area contributed by atoms with Gasteiger partial charge in [-0.2, -0.15) is 0 Å². The van der Waals surface area contributed by atoms with E-state index in [-0.39, 0.29) is 0 Å². The third kappa shape index (κ3) is 1.45. The van der Waals surface area contributed by atoms with E-state index in [4.69, 9.17) is 0 Å². The molecule has 2 atom stereocenters. The van der Waals surface area contributed by atoms with Crippen molar-refractivity contribution < 1.29 is 0 Å². The highest BCUT2D eigenvalue weighted by atomic mass is 15.0. The molecule has 1 aliphatic heterocycles. The molecule has 1 aromatic heterocycles. The van der Waals surface area contributed by atoms with Gasteiger partial charge in [-0.3, -0.25) is 0 Å². The Morgan fingerprint density at radius 1 is 1.17 bits per heavy atom. The van der Waals surface area contributed by atoms with Gasteiger partial charge < -0.3 is 10.3 Å². The van der Waals surface area contributed by atoms with Crippen LogP contribution in [0.2, 0.25) is 0 Å². The first-order valence-corrected chi connectivity index (χ1v) is 7.17. The van der Waals surface area contributed by atoms with Gasteiger partial charge in [-0.1, -0.05) is 24.5 Å². The van der Waals surface area contributed by atoms with Crippen LogP contribution in [0.5, 0.6) is 0 Å². The average molecular weight is 240 g/mol. The van der Waals surface area contributed by atoms with Crippen LogP contribution in [0.1, 0.15) is 48.4 Å². The van der Waals surface area contributed by atoms with Gasteiger partial charge in [0.2, 0.25) is 0 Å². The van der Waals surface area contributed by atoms with E-state index in [1.807, 2.05) is 0 Å². The van der Waals surface area contributed by atoms with Crippen molar-refractivity contribution in [3.8, 4) is 0 Å². The van der Waals surface area contributed by atoms with Crippen molar-refractivity contribution in [1.82, 2.24) is 10.3 Å². The molecule has 1 saturated carbocycles. The van der Waals surface area contributed by atoms with Crippen LogP contribution in [-0.4, -0.2) is 11.0 Å². The lowest BCUT2D eigenvalue weighted by atomic mass is 9.77. The minimum absolute atomic E-state index is 0.714. The predicted molar refractivity (Wildman–Crippen MR) is 74.9 cm³/mol. The van der Waals surface area contributed by atoms with Gasteiger partial charge in [0.1, 0.15) is 0 Å². The maximum absolute atomic E-state index is 3.72. The van der Waals surface area contributed by atoms with Crippen molar-refractivity contribution in [1.29, 1.82) is 0 Å². The smallest absolute Gasteiger partial charge is 0.0459 e. The quantitative estimate of drug-likeness (QED) is 0.723. The SMILES string of the molecule is Cc1ccc2[nH]c3c(c2c1)[C@H]1CCCC[C@@H]1NC3. The Hall–Kier alpha value is -1.28. The van der Waals surface area contributed by atoms with Gasteiger partial charge in [0.15, 0.2) is 0 Å². The van der Waals surface area contributed by atoms with Crippen molar-refractivity contribution in [2.45, 2.75) is 51.1 Å². The molecular formula is C16H20N2. The molecule has 2 N–H and O–H groups in total. The Bertz CT molecular complexity index is 596. The lowest BCUT2D eigenvalue weighted by Gasteiger charge is -2.36. The van der Waals surface area contributed by atoms with E-state index in [1.54, 1.807) is 5.56 Å². The van der Waals surface area contributed by atoms with Crippen LogP contribution in [0.4, 0.5) is 0 Å². The fraction of sp³-hybridized carbons (Fsp3) is 0.500. The molecule has 0 saturated heterocycles. The molecule has 1 aromatic carbocycles. The number of rotatable bonds is 0. The van der Waals surface area contributed by atoms with E-state index in [0.717, 1.165) is 12.5 Å². The Morgan fingerprint density at radius 2 is 2.06 bits per heavy atom. The highest BCUT2D eigenvalue weighted by Gasteiger charge is 2.33. The van der Waals surface area contributed by atoms with E-state index >= 15 is 0 Å². The molecule has 2 aromatic rings. The van der Waals surface area contributed by atoms with Gasteiger partial charge in [0.25, 0.3) is 0 Å². The average Bonchev–Trinajstić information content (AvgIpc) is 2.77. The maximum atomic E-state index is 3.72. The normalized spacial score (nSPS) is 26.9. The fourth-order valence-corrected chi connectivity index (χ4v) is 3.90. The minimum atomic E-state index is 0.714. The summed E-state index contributed by atoms with van der Waals surface area (Å²) in [6.07, 6.45) is 5.49. The number of aromatic amines is 1. The molecule has 2 aliphatic rings. The fourth-order valence-electron chi connectivity index (χ4n) is 3.90. The summed E-state index contributed by atoms with van der Waals surface area (Å²) in [4.78, 5) is 3.61. The molecule has 18 heavy (non-hydrogen) atoms. The summed E-state index contributed by atoms with van der Waals surface area (Å²) in [6.45, 7) is 3.21. The number of H-pyrrole nitrogens is 1. The van der Waals surface area contributed by atoms with Gasteiger partial charge in [-0.25, -0.2) is 0 Å². The number of hydrogen-bond acceptors (Lipinski definition) is 1. The number of aromatic nitrogens is 1. The maximum Gasteiger partial charge on any atom is 0.0459 e. The largest absolute Gasteiger partial charge is 0.357 e. The summed E-state index contributed by atoms with van der Waals surface area (Å²) in [5, 5.41) is 5.20. The van der Waals surface area contributed by atoms with Gasteiger partial charge in [0.05, 0.1) is 0 Å². The molecule has 1 fully saturated rings. The second kappa shape index (κ2) is 3.86. The second-order valence-corrected chi connectivity index (χ2v) is 5.94. The molecule has 0 amide bonds. The molecule has 2 nitrogen and oxygen atoms in total. The molecule has 2 heterocycles. The van der Waals surface area contributed by atoms with E-state index in [0.29, 0.717) is 6.04 Å². The molecule has 0 radical (unpaired) electrons. The third-order valence-corrected chi connectivity index (χ3v) is 4.75. The van der Waals surface area contributed by atoms with Crippen LogP contribution in [0.15, 0.2) is 18.2 Å². The lowest BCUT2D eigenvalue weighted by molar-refractivity contribution is 0.308. The Labute approximate surface area is 108 Å². The molecule has 0 unspecified atom stereocenters. The zero-order valence-corrected chi connectivity index (χ0v) is 10.9. The van der Waals surface area contributed by atoms with Crippen LogP contribution in [0, 0.1) is 6.92 Å². The Kier molecular flexibility index (Phi) is 2.28.